The number of rotatable bonds is 4. The first kappa shape index (κ1) is 31.8. The van der Waals surface area contributed by atoms with E-state index in [1.807, 2.05) is 37.3 Å². The molecule has 0 unspecified atom stereocenters. The fourth-order valence-corrected chi connectivity index (χ4v) is 8.11. The zero-order chi connectivity index (χ0) is 30.4. The van der Waals surface area contributed by atoms with Crippen molar-refractivity contribution in [2.45, 2.75) is 76.3 Å². The molecule has 1 aliphatic carbocycles. The van der Waals surface area contributed by atoms with Gasteiger partial charge < -0.3 is 19.5 Å². The van der Waals surface area contributed by atoms with Gasteiger partial charge in [-0.05, 0) is 105 Å². The molecule has 1 amide bonds. The smallest absolute Gasteiger partial charge is 0.264 e. The minimum absolute atomic E-state index is 0.0508. The number of aliphatic hydroxyl groups is 1. The number of hydrogen-bond donors (Lipinski definition) is 2. The molecule has 1 fully saturated rings. The van der Waals surface area contributed by atoms with E-state index in [-0.39, 0.29) is 30.8 Å². The second-order valence-corrected chi connectivity index (χ2v) is 14.3. The van der Waals surface area contributed by atoms with Gasteiger partial charge in [0.05, 0.1) is 30.3 Å². The summed E-state index contributed by atoms with van der Waals surface area (Å²) in [5.41, 5.74) is 3.32. The van der Waals surface area contributed by atoms with Gasteiger partial charge in [0.2, 0.25) is 10.0 Å². The molecular formula is C33H43ClN2O6S. The number of allylic oxidation sites excluding steroid dienone is 1. The fraction of sp³-hybridized carbons (Fsp3) is 0.545. The van der Waals surface area contributed by atoms with Gasteiger partial charge in [0.15, 0.2) is 0 Å². The first-order chi connectivity index (χ1) is 20.8. The number of amides is 1. The van der Waals surface area contributed by atoms with Gasteiger partial charge in [-0.15, -0.1) is 0 Å². The third-order valence-corrected chi connectivity index (χ3v) is 11.3. The number of nitrogens with one attached hydrogen (secondary N) is 1. The van der Waals surface area contributed by atoms with E-state index in [2.05, 4.69) is 9.62 Å². The first-order valence-electron chi connectivity index (χ1n) is 15.5. The highest BCUT2D eigenvalue weighted by Crippen LogP contribution is 2.42. The van der Waals surface area contributed by atoms with Crippen molar-refractivity contribution in [3.05, 3.63) is 70.3 Å². The van der Waals surface area contributed by atoms with Crippen LogP contribution in [0.2, 0.25) is 5.02 Å². The van der Waals surface area contributed by atoms with E-state index in [0.29, 0.717) is 42.6 Å². The summed E-state index contributed by atoms with van der Waals surface area (Å²) < 4.78 is 41.4. The summed E-state index contributed by atoms with van der Waals surface area (Å²) in [6.07, 6.45) is 10.1. The molecule has 5 rings (SSSR count). The van der Waals surface area contributed by atoms with Crippen LogP contribution in [-0.2, 0) is 27.8 Å². The van der Waals surface area contributed by atoms with Gasteiger partial charge in [-0.2, -0.15) is 0 Å². The molecule has 0 spiro atoms. The Labute approximate surface area is 260 Å². The number of carbonyl (C=O) groups excluding carboxylic acids is 1. The van der Waals surface area contributed by atoms with Crippen LogP contribution in [0, 0.1) is 11.8 Å². The van der Waals surface area contributed by atoms with Crippen LogP contribution in [0.1, 0.15) is 73.4 Å². The summed E-state index contributed by atoms with van der Waals surface area (Å²) in [7, 11) is -3.89. The lowest BCUT2D eigenvalue weighted by Crippen LogP contribution is -2.44. The molecule has 2 heterocycles. The van der Waals surface area contributed by atoms with Crippen LogP contribution in [0.3, 0.4) is 0 Å². The van der Waals surface area contributed by atoms with Crippen molar-refractivity contribution in [2.75, 3.05) is 31.2 Å². The van der Waals surface area contributed by atoms with Gasteiger partial charge in [-0.25, -0.2) is 13.1 Å². The number of aryl methyl sites for hydroxylation is 1. The lowest BCUT2D eigenvalue weighted by Gasteiger charge is -2.44. The molecule has 2 aliphatic heterocycles. The van der Waals surface area contributed by atoms with Crippen LogP contribution in [0.5, 0.6) is 5.75 Å². The van der Waals surface area contributed by atoms with E-state index in [4.69, 9.17) is 21.1 Å². The molecular weight excluding hydrogens is 588 g/mol. The van der Waals surface area contributed by atoms with Crippen molar-refractivity contribution in [1.29, 1.82) is 0 Å². The average Bonchev–Trinajstić information content (AvgIpc) is 3.00. The number of aliphatic hydroxyl groups excluding tert-OH is 1. The Morgan fingerprint density at radius 1 is 1.12 bits per heavy atom. The maximum atomic E-state index is 13.4. The highest BCUT2D eigenvalue weighted by atomic mass is 35.5. The van der Waals surface area contributed by atoms with Gasteiger partial charge >= 0.3 is 0 Å². The summed E-state index contributed by atoms with van der Waals surface area (Å²) >= 11 is 6.32. The molecule has 2 aromatic carbocycles. The van der Waals surface area contributed by atoms with Crippen LogP contribution in [0.25, 0.3) is 0 Å². The normalized spacial score (nSPS) is 26.9. The highest BCUT2D eigenvalue weighted by molar-refractivity contribution is 7.90. The second kappa shape index (κ2) is 14.5. The standard InChI is InChI=1S/C33H43ClN2O6S/c1-2-28-8-3-4-9-31(41-18-17-37)29-14-11-25(29)21-36-16-6-5-7-23-19-27(34)13-10-26(23)22-42-32-15-12-24(20-30(32)36)33(38)35-43(28,39)40/h4,9-10,12-13,15,19-20,25,28-29,31,37H,2-3,5-8,11,14,16-18,21-22H2,1H3,(H,35,38)/b9-4+/t25-,28+,29+,31-/m0/s1. The highest BCUT2D eigenvalue weighted by Gasteiger charge is 2.38. The minimum atomic E-state index is -3.89. The molecule has 0 aromatic heterocycles. The van der Waals surface area contributed by atoms with E-state index in [1.165, 1.54) is 5.56 Å². The third-order valence-electron chi connectivity index (χ3n) is 9.10. The molecule has 1 saturated carbocycles. The quantitative estimate of drug-likeness (QED) is 0.421. The molecule has 2 aromatic rings. The summed E-state index contributed by atoms with van der Waals surface area (Å²) in [5, 5.41) is 9.48. The predicted molar refractivity (Wildman–Crippen MR) is 169 cm³/mol. The monoisotopic (exact) mass is 630 g/mol. The summed E-state index contributed by atoms with van der Waals surface area (Å²) in [4.78, 5) is 15.7. The van der Waals surface area contributed by atoms with Crippen molar-refractivity contribution in [3.63, 3.8) is 0 Å². The Morgan fingerprint density at radius 3 is 2.74 bits per heavy atom. The van der Waals surface area contributed by atoms with Crippen LogP contribution < -0.4 is 14.4 Å². The molecule has 10 heteroatoms. The van der Waals surface area contributed by atoms with Gasteiger partial charge in [-0.3, -0.25) is 4.79 Å². The van der Waals surface area contributed by atoms with E-state index in [1.54, 1.807) is 18.2 Å². The van der Waals surface area contributed by atoms with Crippen LogP contribution >= 0.6 is 11.6 Å². The molecule has 3 aliphatic rings. The van der Waals surface area contributed by atoms with Crippen molar-refractivity contribution in [3.8, 4) is 5.75 Å². The van der Waals surface area contributed by atoms with Crippen molar-refractivity contribution >= 4 is 33.2 Å². The van der Waals surface area contributed by atoms with E-state index < -0.39 is 21.2 Å². The number of halogens is 1. The van der Waals surface area contributed by atoms with Crippen LogP contribution in [0.15, 0.2) is 48.6 Å². The topological polar surface area (TPSA) is 105 Å². The SMILES string of the molecule is CC[C@@H]1CC/C=C/[C@H](OCCO)[C@@H]2CC[C@H]2CN2CCCCc3cc(Cl)ccc3COc3ccc(cc32)C(=O)NS1(=O)=O. The van der Waals surface area contributed by atoms with Gasteiger partial charge in [-0.1, -0.05) is 36.7 Å². The molecule has 2 bridgehead atoms. The molecule has 0 saturated heterocycles. The Morgan fingerprint density at radius 2 is 1.98 bits per heavy atom. The van der Waals surface area contributed by atoms with Crippen molar-refractivity contribution in [1.82, 2.24) is 4.72 Å². The summed E-state index contributed by atoms with van der Waals surface area (Å²) in [6.45, 7) is 3.90. The average molecular weight is 631 g/mol. The van der Waals surface area contributed by atoms with Crippen molar-refractivity contribution < 1.29 is 27.8 Å². The minimum Gasteiger partial charge on any atom is -0.487 e. The zero-order valence-electron chi connectivity index (χ0n) is 24.8. The van der Waals surface area contributed by atoms with E-state index in [0.717, 1.165) is 56.4 Å². The summed E-state index contributed by atoms with van der Waals surface area (Å²) in [6, 6.07) is 11.1. The number of benzene rings is 2. The Hall–Kier alpha value is -2.59. The largest absolute Gasteiger partial charge is 0.487 e. The second-order valence-electron chi connectivity index (χ2n) is 11.9. The third kappa shape index (κ3) is 7.74. The molecule has 8 nitrogen and oxygen atoms in total. The number of sulfonamides is 1. The van der Waals surface area contributed by atoms with Gasteiger partial charge in [0, 0.05) is 23.7 Å². The Kier molecular flexibility index (Phi) is 10.7. The maximum absolute atomic E-state index is 13.4. The van der Waals surface area contributed by atoms with E-state index in [9.17, 15) is 18.3 Å². The number of fused-ring (bicyclic) bond motifs is 3. The summed E-state index contributed by atoms with van der Waals surface area (Å²) in [5.74, 6) is 0.661. The number of carbonyl (C=O) groups is 1. The predicted octanol–water partition coefficient (Wildman–Crippen LogP) is 5.65. The number of nitrogens with zero attached hydrogens (tertiary/aromatic N) is 1. The lowest BCUT2D eigenvalue weighted by molar-refractivity contribution is -0.0256. The first-order valence-corrected chi connectivity index (χ1v) is 17.5. The van der Waals surface area contributed by atoms with Crippen molar-refractivity contribution in [2.24, 2.45) is 11.8 Å². The Balaban J connectivity index is 1.53. The van der Waals surface area contributed by atoms with E-state index >= 15 is 0 Å². The molecule has 234 valence electrons. The Bertz CT molecular complexity index is 1410. The number of anilines is 1. The van der Waals surface area contributed by atoms with Crippen LogP contribution in [0.4, 0.5) is 5.69 Å². The molecule has 43 heavy (non-hydrogen) atoms. The molecule has 2 N–H and O–H groups in total. The fourth-order valence-electron chi connectivity index (χ4n) is 6.49. The van der Waals surface area contributed by atoms with Gasteiger partial charge in [0.1, 0.15) is 12.4 Å². The maximum Gasteiger partial charge on any atom is 0.264 e. The molecule has 0 radical (unpaired) electrons. The van der Waals surface area contributed by atoms with Gasteiger partial charge in [0.25, 0.3) is 5.91 Å². The molecule has 4 atom stereocenters. The zero-order valence-corrected chi connectivity index (χ0v) is 26.4. The number of hydrogen-bond acceptors (Lipinski definition) is 7. The number of ether oxygens (including phenoxy) is 2. The van der Waals surface area contributed by atoms with Crippen LogP contribution in [-0.4, -0.2) is 57.1 Å². The lowest BCUT2D eigenvalue weighted by atomic mass is 9.70.